The van der Waals surface area contributed by atoms with Crippen molar-refractivity contribution >= 4 is 5.65 Å². The number of imidazole rings is 1. The first kappa shape index (κ1) is 13.8. The molecule has 3 rings (SSSR count). The van der Waals surface area contributed by atoms with Gasteiger partial charge in [0.1, 0.15) is 5.65 Å². The number of nitrogens with two attached hydrogens (primary N) is 1. The van der Waals surface area contributed by atoms with Crippen LogP contribution in [0, 0.1) is 6.92 Å². The Hall–Kier alpha value is -2.13. The minimum atomic E-state index is 0.542. The molecule has 2 heterocycles. The number of aryl methyl sites for hydroxylation is 1. The van der Waals surface area contributed by atoms with Crippen LogP contribution in [0.25, 0.3) is 16.9 Å². The third kappa shape index (κ3) is 2.45. The van der Waals surface area contributed by atoms with Crippen LogP contribution in [0.5, 0.6) is 0 Å². The SMILES string of the molecule is Cc1c(-c2ccc(C(C)C)cc2)nc2cc(CN)ccn12. The predicted molar refractivity (Wildman–Crippen MR) is 87.3 cm³/mol. The Kier molecular flexibility index (Phi) is 3.52. The molecular formula is C18H21N3. The van der Waals surface area contributed by atoms with E-state index < -0.39 is 0 Å². The van der Waals surface area contributed by atoms with Gasteiger partial charge in [-0.1, -0.05) is 38.1 Å². The number of benzene rings is 1. The first-order valence-electron chi connectivity index (χ1n) is 7.38. The predicted octanol–water partition coefficient (Wildman–Crippen LogP) is 3.89. The second-order valence-electron chi connectivity index (χ2n) is 5.79. The number of fused-ring (bicyclic) bond motifs is 1. The molecular weight excluding hydrogens is 258 g/mol. The van der Waals surface area contributed by atoms with Crippen LogP contribution in [-0.4, -0.2) is 9.38 Å². The van der Waals surface area contributed by atoms with E-state index in [-0.39, 0.29) is 0 Å². The molecule has 2 N–H and O–H groups in total. The molecule has 1 aromatic carbocycles. The summed E-state index contributed by atoms with van der Waals surface area (Å²) in [7, 11) is 0. The van der Waals surface area contributed by atoms with E-state index in [1.165, 1.54) is 5.56 Å². The molecule has 21 heavy (non-hydrogen) atoms. The third-order valence-electron chi connectivity index (χ3n) is 4.02. The van der Waals surface area contributed by atoms with Crippen LogP contribution in [0.15, 0.2) is 42.6 Å². The second-order valence-corrected chi connectivity index (χ2v) is 5.79. The van der Waals surface area contributed by atoms with Gasteiger partial charge in [0.15, 0.2) is 0 Å². The molecule has 0 saturated heterocycles. The van der Waals surface area contributed by atoms with Gasteiger partial charge in [-0.2, -0.15) is 0 Å². The quantitative estimate of drug-likeness (QED) is 0.790. The molecule has 0 spiro atoms. The summed E-state index contributed by atoms with van der Waals surface area (Å²) in [6.07, 6.45) is 2.05. The summed E-state index contributed by atoms with van der Waals surface area (Å²) < 4.78 is 2.12. The number of hydrogen-bond acceptors (Lipinski definition) is 2. The van der Waals surface area contributed by atoms with E-state index in [0.29, 0.717) is 12.5 Å². The smallest absolute Gasteiger partial charge is 0.137 e. The fourth-order valence-electron chi connectivity index (χ4n) is 2.64. The molecule has 3 aromatic rings. The lowest BCUT2D eigenvalue weighted by molar-refractivity contribution is 0.867. The maximum atomic E-state index is 5.70. The Bertz CT molecular complexity index is 767. The van der Waals surface area contributed by atoms with Gasteiger partial charge < -0.3 is 10.1 Å². The molecule has 0 atom stereocenters. The van der Waals surface area contributed by atoms with Crippen molar-refractivity contribution < 1.29 is 0 Å². The van der Waals surface area contributed by atoms with Crippen LogP contribution in [-0.2, 0) is 6.54 Å². The van der Waals surface area contributed by atoms with Crippen molar-refractivity contribution in [3.05, 3.63) is 59.4 Å². The summed E-state index contributed by atoms with van der Waals surface area (Å²) in [5.74, 6) is 0.549. The van der Waals surface area contributed by atoms with Gasteiger partial charge in [-0.25, -0.2) is 4.98 Å². The van der Waals surface area contributed by atoms with Gasteiger partial charge in [-0.15, -0.1) is 0 Å². The van der Waals surface area contributed by atoms with Crippen molar-refractivity contribution in [1.29, 1.82) is 0 Å². The van der Waals surface area contributed by atoms with E-state index in [9.17, 15) is 0 Å². The highest BCUT2D eigenvalue weighted by molar-refractivity contribution is 5.66. The van der Waals surface area contributed by atoms with E-state index in [2.05, 4.69) is 55.5 Å². The molecule has 0 aliphatic carbocycles. The highest BCUT2D eigenvalue weighted by Crippen LogP contribution is 2.26. The number of aromatic nitrogens is 2. The second kappa shape index (κ2) is 5.34. The lowest BCUT2D eigenvalue weighted by atomic mass is 10.0. The molecule has 0 fully saturated rings. The normalized spacial score (nSPS) is 11.5. The summed E-state index contributed by atoms with van der Waals surface area (Å²) in [6, 6.07) is 12.8. The monoisotopic (exact) mass is 279 g/mol. The van der Waals surface area contributed by atoms with Gasteiger partial charge >= 0.3 is 0 Å². The van der Waals surface area contributed by atoms with Gasteiger partial charge in [-0.05, 0) is 36.1 Å². The van der Waals surface area contributed by atoms with E-state index in [0.717, 1.165) is 28.2 Å². The molecule has 0 aliphatic heterocycles. The van der Waals surface area contributed by atoms with Crippen molar-refractivity contribution in [2.75, 3.05) is 0 Å². The molecule has 108 valence electrons. The lowest BCUT2D eigenvalue weighted by Gasteiger charge is -2.06. The van der Waals surface area contributed by atoms with Crippen molar-refractivity contribution in [3.8, 4) is 11.3 Å². The number of nitrogens with zero attached hydrogens (tertiary/aromatic N) is 2. The van der Waals surface area contributed by atoms with Gasteiger partial charge in [0.05, 0.1) is 5.69 Å². The van der Waals surface area contributed by atoms with Crippen LogP contribution in [0.4, 0.5) is 0 Å². The Morgan fingerprint density at radius 3 is 2.48 bits per heavy atom. The summed E-state index contributed by atoms with van der Waals surface area (Å²) >= 11 is 0. The summed E-state index contributed by atoms with van der Waals surface area (Å²) in [5.41, 5.74) is 12.5. The highest BCUT2D eigenvalue weighted by Gasteiger charge is 2.11. The van der Waals surface area contributed by atoms with E-state index in [1.54, 1.807) is 0 Å². The minimum Gasteiger partial charge on any atom is -0.326 e. The fourth-order valence-corrected chi connectivity index (χ4v) is 2.64. The topological polar surface area (TPSA) is 43.3 Å². The zero-order chi connectivity index (χ0) is 15.0. The summed E-state index contributed by atoms with van der Waals surface area (Å²) in [6.45, 7) is 7.06. The molecule has 0 radical (unpaired) electrons. The van der Waals surface area contributed by atoms with Gasteiger partial charge in [-0.3, -0.25) is 0 Å². The third-order valence-corrected chi connectivity index (χ3v) is 4.02. The molecule has 0 aliphatic rings. The maximum Gasteiger partial charge on any atom is 0.137 e. The Morgan fingerprint density at radius 1 is 1.14 bits per heavy atom. The van der Waals surface area contributed by atoms with Gasteiger partial charge in [0.25, 0.3) is 0 Å². The van der Waals surface area contributed by atoms with Gasteiger partial charge in [0, 0.05) is 24.0 Å². The summed E-state index contributed by atoms with van der Waals surface area (Å²) in [4.78, 5) is 4.77. The van der Waals surface area contributed by atoms with Crippen LogP contribution in [0.3, 0.4) is 0 Å². The molecule has 3 heteroatoms. The Labute approximate surface area is 125 Å². The first-order valence-corrected chi connectivity index (χ1v) is 7.38. The highest BCUT2D eigenvalue weighted by atomic mass is 15.0. The molecule has 0 amide bonds. The van der Waals surface area contributed by atoms with Crippen molar-refractivity contribution in [2.45, 2.75) is 33.2 Å². The van der Waals surface area contributed by atoms with Crippen molar-refractivity contribution in [1.82, 2.24) is 9.38 Å². The number of pyridine rings is 1. The standard InChI is InChI=1S/C18H21N3/c1-12(2)15-4-6-16(7-5-15)18-13(3)21-9-8-14(11-19)10-17(21)20-18/h4-10,12H,11,19H2,1-3H3. The molecule has 0 saturated carbocycles. The Morgan fingerprint density at radius 2 is 1.86 bits per heavy atom. The maximum absolute atomic E-state index is 5.70. The van der Waals surface area contributed by atoms with Crippen LogP contribution < -0.4 is 5.73 Å². The van der Waals surface area contributed by atoms with Crippen LogP contribution in [0.2, 0.25) is 0 Å². The van der Waals surface area contributed by atoms with E-state index in [4.69, 9.17) is 10.7 Å². The molecule has 0 unspecified atom stereocenters. The first-order chi connectivity index (χ1) is 10.1. The average Bonchev–Trinajstić information content (AvgIpc) is 2.83. The van der Waals surface area contributed by atoms with E-state index in [1.807, 2.05) is 12.3 Å². The lowest BCUT2D eigenvalue weighted by Crippen LogP contribution is -1.97. The zero-order valence-electron chi connectivity index (χ0n) is 12.8. The minimum absolute atomic E-state index is 0.542. The fraction of sp³-hybridized carbons (Fsp3) is 0.278. The number of hydrogen-bond donors (Lipinski definition) is 1. The van der Waals surface area contributed by atoms with Crippen LogP contribution >= 0.6 is 0 Å². The molecule has 3 nitrogen and oxygen atoms in total. The molecule has 2 aromatic heterocycles. The van der Waals surface area contributed by atoms with E-state index >= 15 is 0 Å². The largest absolute Gasteiger partial charge is 0.326 e. The van der Waals surface area contributed by atoms with Crippen LogP contribution in [0.1, 0.15) is 36.6 Å². The summed E-state index contributed by atoms with van der Waals surface area (Å²) in [5, 5.41) is 0. The Balaban J connectivity index is 2.09. The van der Waals surface area contributed by atoms with Crippen molar-refractivity contribution in [2.24, 2.45) is 5.73 Å². The van der Waals surface area contributed by atoms with Gasteiger partial charge in [0.2, 0.25) is 0 Å². The molecule has 0 bridgehead atoms. The van der Waals surface area contributed by atoms with Crippen molar-refractivity contribution in [3.63, 3.8) is 0 Å². The zero-order valence-corrected chi connectivity index (χ0v) is 12.8. The number of rotatable bonds is 3. The average molecular weight is 279 g/mol.